The van der Waals surface area contributed by atoms with Crippen LogP contribution in [0.1, 0.15) is 11.6 Å². The predicted molar refractivity (Wildman–Crippen MR) is 90.3 cm³/mol. The molecule has 0 radical (unpaired) electrons. The lowest BCUT2D eigenvalue weighted by Crippen LogP contribution is -2.31. The Bertz CT molecular complexity index is 922. The van der Waals surface area contributed by atoms with Gasteiger partial charge in [-0.2, -0.15) is 0 Å². The van der Waals surface area contributed by atoms with Crippen LogP contribution in [0.3, 0.4) is 0 Å². The average Bonchev–Trinajstić information content (AvgIpc) is 2.58. The van der Waals surface area contributed by atoms with E-state index in [4.69, 9.17) is 4.74 Å². The predicted octanol–water partition coefficient (Wildman–Crippen LogP) is 2.92. The molecule has 0 saturated carbocycles. The van der Waals surface area contributed by atoms with E-state index < -0.39 is 12.0 Å². The Morgan fingerprint density at radius 2 is 1.96 bits per heavy atom. The van der Waals surface area contributed by atoms with Gasteiger partial charge in [-0.3, -0.25) is 9.36 Å². The zero-order valence-electron chi connectivity index (χ0n) is 12.3. The first-order chi connectivity index (χ1) is 11.1. The molecular weight excluding hydrogens is 360 g/mol. The van der Waals surface area contributed by atoms with E-state index in [1.165, 1.54) is 18.0 Å². The summed E-state index contributed by atoms with van der Waals surface area (Å²) in [6.07, 6.45) is 1.38. The van der Waals surface area contributed by atoms with Crippen molar-refractivity contribution in [2.45, 2.75) is 6.04 Å². The summed E-state index contributed by atoms with van der Waals surface area (Å²) in [4.78, 5) is 29.3. The number of rotatable bonds is 3. The lowest BCUT2D eigenvalue weighted by Gasteiger charge is -2.18. The number of esters is 1. The summed E-state index contributed by atoms with van der Waals surface area (Å²) in [5.41, 5.74) is 0.943. The highest BCUT2D eigenvalue weighted by Gasteiger charge is 2.25. The molecule has 0 spiro atoms. The zero-order chi connectivity index (χ0) is 16.4. The largest absolute Gasteiger partial charge is 0.467 e. The molecule has 2 aromatic carbocycles. The molecule has 0 bridgehead atoms. The lowest BCUT2D eigenvalue weighted by molar-refractivity contribution is -0.143. The number of benzene rings is 2. The van der Waals surface area contributed by atoms with Gasteiger partial charge in [0.1, 0.15) is 0 Å². The van der Waals surface area contributed by atoms with Crippen LogP contribution in [-0.4, -0.2) is 22.6 Å². The van der Waals surface area contributed by atoms with E-state index in [-0.39, 0.29) is 5.56 Å². The number of hydrogen-bond acceptors (Lipinski definition) is 4. The van der Waals surface area contributed by atoms with Crippen molar-refractivity contribution < 1.29 is 9.53 Å². The fraction of sp³-hybridized carbons (Fsp3) is 0.118. The minimum atomic E-state index is -0.866. The van der Waals surface area contributed by atoms with Gasteiger partial charge in [0.2, 0.25) is 0 Å². The van der Waals surface area contributed by atoms with Gasteiger partial charge < -0.3 is 4.74 Å². The smallest absolute Gasteiger partial charge is 0.333 e. The van der Waals surface area contributed by atoms with Crippen LogP contribution in [0.5, 0.6) is 0 Å². The number of carbonyl (C=O) groups excluding carboxylic acids is 1. The average molecular weight is 373 g/mol. The third kappa shape index (κ3) is 2.90. The molecule has 0 amide bonds. The summed E-state index contributed by atoms with van der Waals surface area (Å²) in [5.74, 6) is -0.517. The van der Waals surface area contributed by atoms with Crippen LogP contribution in [-0.2, 0) is 9.53 Å². The molecule has 1 heterocycles. The molecule has 0 saturated heterocycles. The first kappa shape index (κ1) is 15.4. The number of fused-ring (bicyclic) bond motifs is 1. The third-order valence-corrected chi connectivity index (χ3v) is 4.06. The summed E-state index contributed by atoms with van der Waals surface area (Å²) in [6.45, 7) is 0. The molecule has 1 atom stereocenters. The quantitative estimate of drug-likeness (QED) is 0.663. The van der Waals surface area contributed by atoms with E-state index in [2.05, 4.69) is 20.9 Å². The summed E-state index contributed by atoms with van der Waals surface area (Å²) < 4.78 is 7.01. The minimum Gasteiger partial charge on any atom is -0.467 e. The third-order valence-electron chi connectivity index (χ3n) is 3.56. The maximum Gasteiger partial charge on any atom is 0.333 e. The topological polar surface area (TPSA) is 61.2 Å². The molecule has 6 heteroatoms. The standard InChI is InChI=1S/C17H13BrN2O3/c1-23-17(22)15(11-5-3-2-4-6-11)20-10-19-14-9-12(18)7-8-13(14)16(20)21/h2-10,15H,1H3. The van der Waals surface area contributed by atoms with Crippen molar-refractivity contribution in [1.82, 2.24) is 9.55 Å². The normalized spacial score (nSPS) is 12.1. The summed E-state index contributed by atoms with van der Waals surface area (Å²) in [7, 11) is 1.30. The van der Waals surface area contributed by atoms with E-state index >= 15 is 0 Å². The molecule has 0 aliphatic carbocycles. The van der Waals surface area contributed by atoms with Crippen LogP contribution in [0.15, 0.2) is 64.1 Å². The van der Waals surface area contributed by atoms with Gasteiger partial charge in [-0.1, -0.05) is 46.3 Å². The Kier molecular flexibility index (Phi) is 4.25. The maximum atomic E-state index is 12.8. The van der Waals surface area contributed by atoms with Crippen LogP contribution in [0.2, 0.25) is 0 Å². The molecule has 0 aliphatic rings. The van der Waals surface area contributed by atoms with Crippen LogP contribution < -0.4 is 5.56 Å². The monoisotopic (exact) mass is 372 g/mol. The Labute approximate surface area is 140 Å². The molecule has 3 aromatic rings. The van der Waals surface area contributed by atoms with Gasteiger partial charge in [0, 0.05) is 4.47 Å². The van der Waals surface area contributed by atoms with Gasteiger partial charge in [-0.05, 0) is 23.8 Å². The van der Waals surface area contributed by atoms with Crippen LogP contribution >= 0.6 is 15.9 Å². The van der Waals surface area contributed by atoms with Gasteiger partial charge in [-0.15, -0.1) is 0 Å². The van der Waals surface area contributed by atoms with Gasteiger partial charge in [-0.25, -0.2) is 9.78 Å². The number of halogens is 1. The zero-order valence-corrected chi connectivity index (χ0v) is 13.9. The number of aromatic nitrogens is 2. The highest BCUT2D eigenvalue weighted by atomic mass is 79.9. The number of hydrogen-bond donors (Lipinski definition) is 0. The fourth-order valence-corrected chi connectivity index (χ4v) is 2.80. The number of methoxy groups -OCH3 is 1. The van der Waals surface area contributed by atoms with E-state index in [1.807, 2.05) is 18.2 Å². The van der Waals surface area contributed by atoms with Gasteiger partial charge >= 0.3 is 5.97 Å². The summed E-state index contributed by atoms with van der Waals surface area (Å²) in [6, 6.07) is 13.4. The second-order valence-electron chi connectivity index (χ2n) is 4.95. The van der Waals surface area contributed by atoms with Gasteiger partial charge in [0.25, 0.3) is 5.56 Å². The maximum absolute atomic E-state index is 12.8. The van der Waals surface area contributed by atoms with Crippen LogP contribution in [0.25, 0.3) is 10.9 Å². The van der Waals surface area contributed by atoms with E-state index in [1.54, 1.807) is 30.3 Å². The number of ether oxygens (including phenoxy) is 1. The van der Waals surface area contributed by atoms with Crippen molar-refractivity contribution in [1.29, 1.82) is 0 Å². The first-order valence-corrected chi connectivity index (χ1v) is 7.70. The minimum absolute atomic E-state index is 0.290. The molecule has 23 heavy (non-hydrogen) atoms. The molecule has 3 rings (SSSR count). The molecule has 5 nitrogen and oxygen atoms in total. The molecule has 1 unspecified atom stereocenters. The van der Waals surface area contributed by atoms with Gasteiger partial charge in [0.05, 0.1) is 24.3 Å². The van der Waals surface area contributed by atoms with Crippen LogP contribution in [0.4, 0.5) is 0 Å². The summed E-state index contributed by atoms with van der Waals surface area (Å²) >= 11 is 3.35. The molecule has 1 aromatic heterocycles. The van der Waals surface area contributed by atoms with Crippen molar-refractivity contribution >= 4 is 32.8 Å². The van der Waals surface area contributed by atoms with Gasteiger partial charge in [0.15, 0.2) is 6.04 Å². The molecule has 0 aliphatic heterocycles. The number of carbonyl (C=O) groups is 1. The second-order valence-corrected chi connectivity index (χ2v) is 5.87. The van der Waals surface area contributed by atoms with Crippen molar-refractivity contribution in [2.24, 2.45) is 0 Å². The lowest BCUT2D eigenvalue weighted by atomic mass is 10.1. The van der Waals surface area contributed by atoms with E-state index in [0.717, 1.165) is 4.47 Å². The molecule has 0 N–H and O–H groups in total. The van der Waals surface area contributed by atoms with Crippen LogP contribution in [0, 0.1) is 0 Å². The number of nitrogens with zero attached hydrogens (tertiary/aromatic N) is 2. The highest BCUT2D eigenvalue weighted by Crippen LogP contribution is 2.20. The van der Waals surface area contributed by atoms with E-state index in [9.17, 15) is 9.59 Å². The Balaban J connectivity index is 2.23. The molecular formula is C17H13BrN2O3. The Morgan fingerprint density at radius 3 is 2.65 bits per heavy atom. The molecule has 116 valence electrons. The Hall–Kier alpha value is -2.47. The molecule has 0 fully saturated rings. The highest BCUT2D eigenvalue weighted by molar-refractivity contribution is 9.10. The van der Waals surface area contributed by atoms with Crippen molar-refractivity contribution in [3.63, 3.8) is 0 Å². The van der Waals surface area contributed by atoms with Crippen molar-refractivity contribution in [2.75, 3.05) is 7.11 Å². The Morgan fingerprint density at radius 1 is 1.22 bits per heavy atom. The summed E-state index contributed by atoms with van der Waals surface area (Å²) in [5, 5.41) is 0.445. The van der Waals surface area contributed by atoms with Crippen molar-refractivity contribution in [3.8, 4) is 0 Å². The van der Waals surface area contributed by atoms with E-state index in [0.29, 0.717) is 16.5 Å². The SMILES string of the molecule is COC(=O)C(c1ccccc1)n1cnc2cc(Br)ccc2c1=O. The van der Waals surface area contributed by atoms with Crippen molar-refractivity contribution in [3.05, 3.63) is 75.2 Å². The second kappa shape index (κ2) is 6.34. The fourth-order valence-electron chi connectivity index (χ4n) is 2.45. The first-order valence-electron chi connectivity index (χ1n) is 6.91.